The van der Waals surface area contributed by atoms with Crippen molar-refractivity contribution < 1.29 is 14.9 Å². The summed E-state index contributed by atoms with van der Waals surface area (Å²) in [5, 5.41) is 21.1. The molecule has 0 spiro atoms. The smallest absolute Gasteiger partial charge is 0.295 e. The molecular weight excluding hydrogens is 214 g/mol. The number of aromatic amines is 1. The van der Waals surface area contributed by atoms with E-state index in [1.54, 1.807) is 0 Å². The van der Waals surface area contributed by atoms with Gasteiger partial charge in [-0.3, -0.25) is 4.79 Å². The fourth-order valence-corrected chi connectivity index (χ4v) is 1.03. The van der Waals surface area contributed by atoms with Crippen molar-refractivity contribution in [3.8, 4) is 5.75 Å². The molecule has 16 heavy (non-hydrogen) atoms. The van der Waals surface area contributed by atoms with Crippen molar-refractivity contribution in [1.29, 1.82) is 0 Å². The van der Waals surface area contributed by atoms with E-state index in [1.807, 2.05) is 0 Å². The Balaban J connectivity index is 2.82. The predicted molar refractivity (Wildman–Crippen MR) is 57.6 cm³/mol. The highest BCUT2D eigenvalue weighted by Crippen LogP contribution is 2.15. The van der Waals surface area contributed by atoms with Crippen LogP contribution in [0.2, 0.25) is 0 Å². The highest BCUT2D eigenvalue weighted by atomic mass is 16.5. The number of anilines is 1. The summed E-state index contributed by atoms with van der Waals surface area (Å²) in [5.74, 6) is 0.260. The lowest BCUT2D eigenvalue weighted by molar-refractivity contribution is 0.0131. The fraction of sp³-hybridized carbons (Fsp3) is 0.556. The van der Waals surface area contributed by atoms with Gasteiger partial charge in [0.15, 0.2) is 5.82 Å². The van der Waals surface area contributed by atoms with Gasteiger partial charge in [0.1, 0.15) is 5.60 Å². The first-order chi connectivity index (χ1) is 7.50. The maximum absolute atomic E-state index is 11.3. The molecule has 4 N–H and O–H groups in total. The molecule has 0 fully saturated rings. The Kier molecular flexibility index (Phi) is 3.86. The monoisotopic (exact) mass is 229 g/mol. The number of methoxy groups -OCH3 is 1. The zero-order valence-electron chi connectivity index (χ0n) is 9.15. The molecule has 0 radical (unpaired) electrons. The molecule has 0 bridgehead atoms. The average Bonchev–Trinajstić information content (AvgIpc) is 2.26. The van der Waals surface area contributed by atoms with Crippen LogP contribution in [0.1, 0.15) is 6.92 Å². The summed E-state index contributed by atoms with van der Waals surface area (Å²) in [4.78, 5) is 17.5. The number of hydrogen-bond acceptors (Lipinski definition) is 6. The first kappa shape index (κ1) is 12.5. The molecule has 7 nitrogen and oxygen atoms in total. The minimum atomic E-state index is -1.28. The third kappa shape index (κ3) is 2.94. The lowest BCUT2D eigenvalue weighted by Crippen LogP contribution is -2.37. The van der Waals surface area contributed by atoms with Crippen LogP contribution in [0.5, 0.6) is 5.75 Å². The third-order valence-corrected chi connectivity index (χ3v) is 1.99. The van der Waals surface area contributed by atoms with Crippen LogP contribution in [0.4, 0.5) is 5.82 Å². The van der Waals surface area contributed by atoms with E-state index in [-0.39, 0.29) is 18.1 Å². The molecule has 0 amide bonds. The number of ether oxygens (including phenoxy) is 1. The summed E-state index contributed by atoms with van der Waals surface area (Å²) in [7, 11) is 1.35. The SMILES string of the molecule is COc1c(NCC(C)(O)CO)nc[nH]c1=O. The number of aliphatic hydroxyl groups is 2. The zero-order valence-corrected chi connectivity index (χ0v) is 9.15. The summed E-state index contributed by atoms with van der Waals surface area (Å²) in [5.41, 5.74) is -1.70. The molecule has 0 aliphatic rings. The Bertz CT molecular complexity index is 402. The number of aliphatic hydroxyl groups excluding tert-OH is 1. The molecule has 90 valence electrons. The molecule has 1 unspecified atom stereocenters. The minimum absolute atomic E-state index is 0.0382. The third-order valence-electron chi connectivity index (χ3n) is 1.99. The first-order valence-corrected chi connectivity index (χ1v) is 4.69. The molecule has 1 heterocycles. The Hall–Kier alpha value is -1.60. The molecule has 0 saturated carbocycles. The van der Waals surface area contributed by atoms with E-state index in [0.717, 1.165) is 0 Å². The summed E-state index contributed by atoms with van der Waals surface area (Å²) in [6.45, 7) is 1.11. The van der Waals surface area contributed by atoms with Gasteiger partial charge < -0.3 is 25.3 Å². The van der Waals surface area contributed by atoms with Gasteiger partial charge in [0.2, 0.25) is 5.75 Å². The summed E-state index contributed by atoms with van der Waals surface area (Å²) in [6.07, 6.45) is 1.22. The minimum Gasteiger partial charge on any atom is -0.489 e. The highest BCUT2D eigenvalue weighted by molar-refractivity contribution is 5.48. The van der Waals surface area contributed by atoms with Crippen LogP contribution >= 0.6 is 0 Å². The van der Waals surface area contributed by atoms with Crippen LogP contribution in [-0.2, 0) is 0 Å². The molecule has 0 saturated heterocycles. The van der Waals surface area contributed by atoms with Gasteiger partial charge in [-0.05, 0) is 6.92 Å². The van der Waals surface area contributed by atoms with Crippen molar-refractivity contribution in [3.05, 3.63) is 16.7 Å². The fourth-order valence-electron chi connectivity index (χ4n) is 1.03. The quantitative estimate of drug-likeness (QED) is 0.512. The van der Waals surface area contributed by atoms with Gasteiger partial charge in [-0.2, -0.15) is 0 Å². The largest absolute Gasteiger partial charge is 0.489 e. The lowest BCUT2D eigenvalue weighted by Gasteiger charge is -2.21. The van der Waals surface area contributed by atoms with Gasteiger partial charge in [0.05, 0.1) is 20.0 Å². The number of rotatable bonds is 5. The number of nitrogens with one attached hydrogen (secondary N) is 2. The Labute approximate surface area is 92.1 Å². The van der Waals surface area contributed by atoms with E-state index >= 15 is 0 Å². The molecule has 7 heteroatoms. The van der Waals surface area contributed by atoms with Crippen LogP contribution in [0.15, 0.2) is 11.1 Å². The number of nitrogens with zero attached hydrogens (tertiary/aromatic N) is 1. The van der Waals surface area contributed by atoms with E-state index in [2.05, 4.69) is 15.3 Å². The van der Waals surface area contributed by atoms with Gasteiger partial charge in [0.25, 0.3) is 5.56 Å². The second-order valence-corrected chi connectivity index (χ2v) is 3.62. The predicted octanol–water partition coefficient (Wildman–Crippen LogP) is -1.07. The van der Waals surface area contributed by atoms with Crippen molar-refractivity contribution >= 4 is 5.82 Å². The first-order valence-electron chi connectivity index (χ1n) is 4.69. The van der Waals surface area contributed by atoms with Crippen molar-refractivity contribution in [2.75, 3.05) is 25.6 Å². The number of aromatic nitrogens is 2. The van der Waals surface area contributed by atoms with Crippen LogP contribution in [-0.4, -0.2) is 46.0 Å². The van der Waals surface area contributed by atoms with Crippen LogP contribution in [0.25, 0.3) is 0 Å². The van der Waals surface area contributed by atoms with Gasteiger partial charge in [0, 0.05) is 6.54 Å². The van der Waals surface area contributed by atoms with Crippen molar-refractivity contribution in [2.24, 2.45) is 0 Å². The molecule has 1 aromatic rings. The average molecular weight is 229 g/mol. The summed E-state index contributed by atoms with van der Waals surface area (Å²) < 4.78 is 4.86. The van der Waals surface area contributed by atoms with E-state index in [1.165, 1.54) is 20.4 Å². The lowest BCUT2D eigenvalue weighted by atomic mass is 10.1. The Morgan fingerprint density at radius 1 is 1.69 bits per heavy atom. The van der Waals surface area contributed by atoms with Gasteiger partial charge in [-0.1, -0.05) is 0 Å². The molecule has 0 aliphatic heterocycles. The zero-order chi connectivity index (χ0) is 12.2. The number of hydrogen-bond donors (Lipinski definition) is 4. The Morgan fingerprint density at radius 3 is 2.94 bits per heavy atom. The van der Waals surface area contributed by atoms with Gasteiger partial charge in [-0.25, -0.2) is 4.98 Å². The molecule has 1 rings (SSSR count). The van der Waals surface area contributed by atoms with E-state index in [0.29, 0.717) is 0 Å². The van der Waals surface area contributed by atoms with Crippen molar-refractivity contribution in [3.63, 3.8) is 0 Å². The van der Waals surface area contributed by atoms with Crippen molar-refractivity contribution in [1.82, 2.24) is 9.97 Å². The maximum Gasteiger partial charge on any atom is 0.295 e. The van der Waals surface area contributed by atoms with Gasteiger partial charge in [-0.15, -0.1) is 0 Å². The van der Waals surface area contributed by atoms with Crippen molar-refractivity contribution in [2.45, 2.75) is 12.5 Å². The topological polar surface area (TPSA) is 107 Å². The standard InChI is InChI=1S/C9H15N3O4/c1-9(15,4-13)3-10-7-6(16-2)8(14)12-5-11-7/h5,13,15H,3-4H2,1-2H3,(H2,10,11,12,14). The molecular formula is C9H15N3O4. The summed E-state index contributed by atoms with van der Waals surface area (Å²) in [6, 6.07) is 0. The Morgan fingerprint density at radius 2 is 2.38 bits per heavy atom. The van der Waals surface area contributed by atoms with E-state index in [9.17, 15) is 9.90 Å². The highest BCUT2D eigenvalue weighted by Gasteiger charge is 2.20. The van der Waals surface area contributed by atoms with Gasteiger partial charge >= 0.3 is 0 Å². The molecule has 1 aromatic heterocycles. The molecule has 1 atom stereocenters. The normalized spacial score (nSPS) is 14.2. The van der Waals surface area contributed by atoms with Crippen LogP contribution < -0.4 is 15.6 Å². The van der Waals surface area contributed by atoms with E-state index in [4.69, 9.17) is 9.84 Å². The molecule has 0 aromatic carbocycles. The summed E-state index contributed by atoms with van der Waals surface area (Å²) >= 11 is 0. The molecule has 0 aliphatic carbocycles. The van der Waals surface area contributed by atoms with Crippen LogP contribution in [0.3, 0.4) is 0 Å². The van der Waals surface area contributed by atoms with E-state index < -0.39 is 17.8 Å². The second-order valence-electron chi connectivity index (χ2n) is 3.62. The second kappa shape index (κ2) is 4.95. The maximum atomic E-state index is 11.3. The number of H-pyrrole nitrogens is 1. The van der Waals surface area contributed by atoms with Crippen LogP contribution in [0, 0.1) is 0 Å².